The van der Waals surface area contributed by atoms with Gasteiger partial charge in [0.25, 0.3) is 0 Å². The summed E-state index contributed by atoms with van der Waals surface area (Å²) in [6, 6.07) is 20.8. The summed E-state index contributed by atoms with van der Waals surface area (Å²) in [6.45, 7) is 5.91. The molecule has 0 saturated carbocycles. The molecule has 2 aromatic rings. The standard InChI is InChI=1S/C20H25NO2/c1-20(2)19(21(20)13-16-9-5-3-6-10-16)18(14-22)23-15-17-11-7-4-8-12-17/h3-12,18-19,22H,13-15H2,1-2H3/t18-,19+,21?/m1/s1. The van der Waals surface area contributed by atoms with Crippen LogP contribution >= 0.6 is 0 Å². The lowest BCUT2D eigenvalue weighted by atomic mass is 10.1. The molecular weight excluding hydrogens is 286 g/mol. The molecule has 0 radical (unpaired) electrons. The number of ether oxygens (including phenoxy) is 1. The Kier molecular flexibility index (Phi) is 4.81. The fourth-order valence-electron chi connectivity index (χ4n) is 3.36. The van der Waals surface area contributed by atoms with Crippen LogP contribution in [-0.2, 0) is 17.9 Å². The number of benzene rings is 2. The van der Waals surface area contributed by atoms with Gasteiger partial charge in [-0.15, -0.1) is 0 Å². The molecule has 3 atom stereocenters. The van der Waals surface area contributed by atoms with Gasteiger partial charge in [0.15, 0.2) is 0 Å². The maximum atomic E-state index is 9.78. The van der Waals surface area contributed by atoms with Crippen molar-refractivity contribution in [3.63, 3.8) is 0 Å². The van der Waals surface area contributed by atoms with E-state index in [4.69, 9.17) is 4.74 Å². The van der Waals surface area contributed by atoms with Gasteiger partial charge in [0, 0.05) is 12.1 Å². The molecule has 1 fully saturated rings. The van der Waals surface area contributed by atoms with Crippen LogP contribution in [0.5, 0.6) is 0 Å². The molecule has 0 bridgehead atoms. The average Bonchev–Trinajstić information content (AvgIpc) is 3.11. The summed E-state index contributed by atoms with van der Waals surface area (Å²) in [5, 5.41) is 9.78. The van der Waals surface area contributed by atoms with E-state index in [2.05, 4.69) is 43.0 Å². The van der Waals surface area contributed by atoms with Crippen LogP contribution in [0.25, 0.3) is 0 Å². The first-order valence-electron chi connectivity index (χ1n) is 8.20. The second-order valence-corrected chi connectivity index (χ2v) is 6.73. The molecule has 0 aromatic heterocycles. The van der Waals surface area contributed by atoms with Crippen molar-refractivity contribution >= 4 is 0 Å². The normalized spacial score (nSPS) is 23.4. The predicted octanol–water partition coefficient (Wildman–Crippen LogP) is 3.23. The van der Waals surface area contributed by atoms with E-state index in [0.29, 0.717) is 6.61 Å². The zero-order valence-electron chi connectivity index (χ0n) is 13.9. The third-order valence-electron chi connectivity index (χ3n) is 4.77. The van der Waals surface area contributed by atoms with Gasteiger partial charge >= 0.3 is 0 Å². The molecule has 1 N–H and O–H groups in total. The first kappa shape index (κ1) is 16.2. The molecule has 3 heteroatoms. The van der Waals surface area contributed by atoms with Crippen LogP contribution in [0.2, 0.25) is 0 Å². The number of aliphatic hydroxyl groups is 1. The van der Waals surface area contributed by atoms with Crippen molar-refractivity contribution in [3.05, 3.63) is 71.8 Å². The lowest BCUT2D eigenvalue weighted by Gasteiger charge is -2.16. The van der Waals surface area contributed by atoms with E-state index in [-0.39, 0.29) is 24.3 Å². The highest BCUT2D eigenvalue weighted by molar-refractivity contribution is 5.21. The first-order valence-corrected chi connectivity index (χ1v) is 8.20. The van der Waals surface area contributed by atoms with Gasteiger partial charge < -0.3 is 9.84 Å². The van der Waals surface area contributed by atoms with Crippen molar-refractivity contribution in [2.45, 2.75) is 44.7 Å². The fourth-order valence-corrected chi connectivity index (χ4v) is 3.36. The number of aliphatic hydroxyl groups excluding tert-OH is 1. The van der Waals surface area contributed by atoms with Crippen LogP contribution < -0.4 is 0 Å². The molecule has 0 aliphatic carbocycles. The number of hydrogen-bond donors (Lipinski definition) is 1. The van der Waals surface area contributed by atoms with Gasteiger partial charge in [-0.3, -0.25) is 4.90 Å². The quantitative estimate of drug-likeness (QED) is 0.797. The Morgan fingerprint density at radius 1 is 1.00 bits per heavy atom. The largest absolute Gasteiger partial charge is 0.394 e. The summed E-state index contributed by atoms with van der Waals surface area (Å²) in [4.78, 5) is 2.40. The van der Waals surface area contributed by atoms with Crippen molar-refractivity contribution in [3.8, 4) is 0 Å². The maximum Gasteiger partial charge on any atom is 0.0983 e. The maximum absolute atomic E-state index is 9.78. The Morgan fingerprint density at radius 3 is 2.13 bits per heavy atom. The summed E-state index contributed by atoms with van der Waals surface area (Å²) in [7, 11) is 0. The highest BCUT2D eigenvalue weighted by Gasteiger charge is 2.58. The van der Waals surface area contributed by atoms with Crippen molar-refractivity contribution in [1.82, 2.24) is 4.90 Å². The molecule has 1 aliphatic rings. The Balaban J connectivity index is 1.62. The Bertz CT molecular complexity index is 612. The highest BCUT2D eigenvalue weighted by Crippen LogP contribution is 2.44. The molecule has 3 rings (SSSR count). The zero-order chi connectivity index (χ0) is 16.3. The number of nitrogens with zero attached hydrogens (tertiary/aromatic N) is 1. The van der Waals surface area contributed by atoms with Gasteiger partial charge in [-0.2, -0.15) is 0 Å². The Morgan fingerprint density at radius 2 is 1.57 bits per heavy atom. The molecule has 1 aliphatic heterocycles. The Hall–Kier alpha value is -1.68. The molecule has 0 spiro atoms. The van der Waals surface area contributed by atoms with E-state index < -0.39 is 0 Å². The monoisotopic (exact) mass is 311 g/mol. The van der Waals surface area contributed by atoms with Crippen LogP contribution in [-0.4, -0.2) is 34.3 Å². The third-order valence-corrected chi connectivity index (χ3v) is 4.77. The van der Waals surface area contributed by atoms with Gasteiger partial charge in [0.05, 0.1) is 25.4 Å². The zero-order valence-corrected chi connectivity index (χ0v) is 13.9. The predicted molar refractivity (Wildman–Crippen MR) is 92.0 cm³/mol. The molecule has 23 heavy (non-hydrogen) atoms. The van der Waals surface area contributed by atoms with E-state index in [1.165, 1.54) is 5.56 Å². The SMILES string of the molecule is CC1(C)[C@H]([C@@H](CO)OCc2ccccc2)N1Cc1ccccc1. The van der Waals surface area contributed by atoms with Crippen LogP contribution in [0.15, 0.2) is 60.7 Å². The van der Waals surface area contributed by atoms with E-state index in [0.717, 1.165) is 12.1 Å². The van der Waals surface area contributed by atoms with Crippen molar-refractivity contribution < 1.29 is 9.84 Å². The summed E-state index contributed by atoms with van der Waals surface area (Å²) < 4.78 is 6.01. The van der Waals surface area contributed by atoms with Gasteiger partial charge in [-0.05, 0) is 25.0 Å². The van der Waals surface area contributed by atoms with Gasteiger partial charge in [0.1, 0.15) is 0 Å². The van der Waals surface area contributed by atoms with Crippen molar-refractivity contribution in [2.75, 3.05) is 6.61 Å². The second kappa shape index (κ2) is 6.83. The summed E-state index contributed by atoms with van der Waals surface area (Å²) in [6.07, 6.45) is -0.158. The van der Waals surface area contributed by atoms with E-state index in [9.17, 15) is 5.11 Å². The lowest BCUT2D eigenvalue weighted by Crippen LogP contribution is -2.28. The molecule has 0 amide bonds. The van der Waals surface area contributed by atoms with Crippen molar-refractivity contribution in [2.24, 2.45) is 0 Å². The van der Waals surface area contributed by atoms with E-state index >= 15 is 0 Å². The van der Waals surface area contributed by atoms with Crippen LogP contribution in [0.4, 0.5) is 0 Å². The summed E-state index contributed by atoms with van der Waals surface area (Å²) >= 11 is 0. The van der Waals surface area contributed by atoms with Crippen LogP contribution in [0.3, 0.4) is 0 Å². The highest BCUT2D eigenvalue weighted by atomic mass is 16.5. The molecule has 3 nitrogen and oxygen atoms in total. The van der Waals surface area contributed by atoms with Gasteiger partial charge in [-0.25, -0.2) is 0 Å². The molecule has 122 valence electrons. The van der Waals surface area contributed by atoms with Crippen molar-refractivity contribution in [1.29, 1.82) is 0 Å². The van der Waals surface area contributed by atoms with Crippen LogP contribution in [0, 0.1) is 0 Å². The smallest absolute Gasteiger partial charge is 0.0983 e. The molecule has 2 aromatic carbocycles. The average molecular weight is 311 g/mol. The lowest BCUT2D eigenvalue weighted by molar-refractivity contribution is -0.00628. The summed E-state index contributed by atoms with van der Waals surface area (Å²) in [5.74, 6) is 0. The molecule has 1 unspecified atom stereocenters. The Labute approximate surface area is 138 Å². The molecule has 1 saturated heterocycles. The minimum absolute atomic E-state index is 0.0478. The fraction of sp³-hybridized carbons (Fsp3) is 0.400. The number of hydrogen-bond acceptors (Lipinski definition) is 3. The molecule has 1 heterocycles. The van der Waals surface area contributed by atoms with Gasteiger partial charge in [-0.1, -0.05) is 60.7 Å². The molecular formula is C20H25NO2. The number of rotatable bonds is 7. The third kappa shape index (κ3) is 3.63. The van der Waals surface area contributed by atoms with Crippen LogP contribution in [0.1, 0.15) is 25.0 Å². The van der Waals surface area contributed by atoms with Gasteiger partial charge in [0.2, 0.25) is 0 Å². The minimum Gasteiger partial charge on any atom is -0.394 e. The second-order valence-electron chi connectivity index (χ2n) is 6.73. The summed E-state index contributed by atoms with van der Waals surface area (Å²) in [5.41, 5.74) is 2.49. The van der Waals surface area contributed by atoms with E-state index in [1.807, 2.05) is 36.4 Å². The van der Waals surface area contributed by atoms with E-state index in [1.54, 1.807) is 0 Å². The minimum atomic E-state index is -0.158. The first-order chi connectivity index (χ1) is 11.1. The topological polar surface area (TPSA) is 32.5 Å².